The second-order valence-corrected chi connectivity index (χ2v) is 5.31. The molecule has 0 spiro atoms. The first-order valence-electron chi connectivity index (χ1n) is 7.13. The van der Waals surface area contributed by atoms with Crippen LogP contribution in [-0.4, -0.2) is 54.4 Å². The highest BCUT2D eigenvalue weighted by Gasteiger charge is 2.16. The Balaban J connectivity index is 2.07. The van der Waals surface area contributed by atoms with Gasteiger partial charge in [-0.15, -0.1) is 0 Å². The van der Waals surface area contributed by atoms with Gasteiger partial charge in [0.2, 0.25) is 0 Å². The van der Waals surface area contributed by atoms with Crippen molar-refractivity contribution in [1.29, 1.82) is 0 Å². The minimum Gasteiger partial charge on any atom is -0.351 e. The summed E-state index contributed by atoms with van der Waals surface area (Å²) in [7, 11) is 4.10. The molecule has 0 saturated carbocycles. The summed E-state index contributed by atoms with van der Waals surface area (Å²) in [6.45, 7) is 4.55. The highest BCUT2D eigenvalue weighted by molar-refractivity contribution is 5.98. The van der Waals surface area contributed by atoms with Crippen LogP contribution in [0, 0.1) is 0 Å². The number of benzene rings is 1. The van der Waals surface area contributed by atoms with Gasteiger partial charge in [-0.05, 0) is 46.1 Å². The van der Waals surface area contributed by atoms with Gasteiger partial charge < -0.3 is 14.8 Å². The Kier molecular flexibility index (Phi) is 4.79. The van der Waals surface area contributed by atoms with Crippen molar-refractivity contribution in [1.82, 2.24) is 14.8 Å². The monoisotopic (exact) mass is 273 g/mol. The number of hydrogen-bond acceptors (Lipinski definition) is 2. The maximum Gasteiger partial charge on any atom is 0.270 e. The fourth-order valence-corrected chi connectivity index (χ4v) is 2.34. The number of nitrogens with one attached hydrogen (secondary N) is 1. The van der Waals surface area contributed by atoms with Gasteiger partial charge in [-0.3, -0.25) is 4.79 Å². The Labute approximate surface area is 120 Å². The molecule has 20 heavy (non-hydrogen) atoms. The van der Waals surface area contributed by atoms with Gasteiger partial charge in [0.05, 0.1) is 0 Å². The maximum atomic E-state index is 12.5. The first-order chi connectivity index (χ1) is 9.61. The minimum absolute atomic E-state index is 0.0856. The summed E-state index contributed by atoms with van der Waals surface area (Å²) in [5.41, 5.74) is 1.69. The molecule has 2 aromatic rings. The molecule has 0 saturated heterocycles. The van der Waals surface area contributed by atoms with Crippen LogP contribution in [0.25, 0.3) is 10.9 Å². The molecule has 0 unspecified atom stereocenters. The van der Waals surface area contributed by atoms with Crippen LogP contribution in [0.4, 0.5) is 0 Å². The van der Waals surface area contributed by atoms with Crippen LogP contribution in [0.2, 0.25) is 0 Å². The predicted octanol–water partition coefficient (Wildman–Crippen LogP) is 2.58. The molecule has 0 radical (unpaired) electrons. The molecule has 0 aliphatic rings. The third-order valence-corrected chi connectivity index (χ3v) is 3.46. The smallest absolute Gasteiger partial charge is 0.270 e. The quantitative estimate of drug-likeness (QED) is 0.878. The number of rotatable bonds is 6. The van der Waals surface area contributed by atoms with Gasteiger partial charge >= 0.3 is 0 Å². The molecule has 0 aliphatic carbocycles. The fraction of sp³-hybridized carbons (Fsp3) is 0.438. The molecule has 1 N–H and O–H groups in total. The largest absolute Gasteiger partial charge is 0.351 e. The molecule has 0 aliphatic heterocycles. The van der Waals surface area contributed by atoms with E-state index in [1.807, 2.05) is 42.2 Å². The van der Waals surface area contributed by atoms with Crippen LogP contribution in [0.3, 0.4) is 0 Å². The molecule has 4 heteroatoms. The molecule has 4 nitrogen and oxygen atoms in total. The molecule has 0 fully saturated rings. The molecule has 1 amide bonds. The Morgan fingerprint density at radius 1 is 1.20 bits per heavy atom. The summed E-state index contributed by atoms with van der Waals surface area (Å²) in [6, 6.07) is 9.91. The average molecular weight is 273 g/mol. The van der Waals surface area contributed by atoms with Gasteiger partial charge in [0.25, 0.3) is 5.91 Å². The molecule has 0 bridgehead atoms. The number of para-hydroxylation sites is 1. The van der Waals surface area contributed by atoms with Crippen molar-refractivity contribution in [2.75, 3.05) is 33.7 Å². The lowest BCUT2D eigenvalue weighted by Crippen LogP contribution is -2.33. The Hall–Kier alpha value is -1.81. The summed E-state index contributed by atoms with van der Waals surface area (Å²) in [5, 5.41) is 1.08. The fourth-order valence-electron chi connectivity index (χ4n) is 2.34. The van der Waals surface area contributed by atoms with Crippen LogP contribution < -0.4 is 0 Å². The van der Waals surface area contributed by atoms with Crippen molar-refractivity contribution in [3.63, 3.8) is 0 Å². The Bertz CT molecular complexity index is 541. The molecule has 2 rings (SSSR count). The van der Waals surface area contributed by atoms with Crippen LogP contribution >= 0.6 is 0 Å². The molecule has 0 atom stereocenters. The van der Waals surface area contributed by atoms with Gasteiger partial charge in [0.1, 0.15) is 5.69 Å². The number of H-pyrrole nitrogens is 1. The molecular formula is C16H23N3O. The van der Waals surface area contributed by atoms with E-state index in [0.717, 1.165) is 37.0 Å². The summed E-state index contributed by atoms with van der Waals surface area (Å²) >= 11 is 0. The van der Waals surface area contributed by atoms with E-state index in [9.17, 15) is 4.79 Å². The number of fused-ring (bicyclic) bond motifs is 1. The maximum absolute atomic E-state index is 12.5. The molecule has 1 aromatic heterocycles. The number of carbonyl (C=O) groups excluding carboxylic acids is 1. The minimum atomic E-state index is 0.0856. The SMILES string of the molecule is CCN(CCCN(C)C)C(=O)c1cc2ccccc2[nH]1. The van der Waals surface area contributed by atoms with Crippen molar-refractivity contribution < 1.29 is 4.79 Å². The van der Waals surface area contributed by atoms with Crippen molar-refractivity contribution in [2.24, 2.45) is 0 Å². The van der Waals surface area contributed by atoms with E-state index in [1.54, 1.807) is 0 Å². The summed E-state index contributed by atoms with van der Waals surface area (Å²) in [4.78, 5) is 19.7. The van der Waals surface area contributed by atoms with Gasteiger partial charge in [0, 0.05) is 24.0 Å². The Morgan fingerprint density at radius 3 is 2.60 bits per heavy atom. The zero-order valence-corrected chi connectivity index (χ0v) is 12.5. The van der Waals surface area contributed by atoms with E-state index >= 15 is 0 Å². The Morgan fingerprint density at radius 2 is 1.95 bits per heavy atom. The van der Waals surface area contributed by atoms with Gasteiger partial charge in [0.15, 0.2) is 0 Å². The lowest BCUT2D eigenvalue weighted by atomic mass is 10.2. The number of carbonyl (C=O) groups is 1. The first-order valence-corrected chi connectivity index (χ1v) is 7.13. The van der Waals surface area contributed by atoms with E-state index in [4.69, 9.17) is 0 Å². The number of amides is 1. The lowest BCUT2D eigenvalue weighted by Gasteiger charge is -2.21. The van der Waals surface area contributed by atoms with E-state index in [-0.39, 0.29) is 5.91 Å². The third kappa shape index (κ3) is 3.39. The molecular weight excluding hydrogens is 250 g/mol. The second-order valence-electron chi connectivity index (χ2n) is 5.31. The summed E-state index contributed by atoms with van der Waals surface area (Å²) in [6.07, 6.45) is 0.993. The molecule has 1 aromatic carbocycles. The number of aromatic amines is 1. The topological polar surface area (TPSA) is 39.3 Å². The van der Waals surface area contributed by atoms with Crippen molar-refractivity contribution >= 4 is 16.8 Å². The zero-order valence-electron chi connectivity index (χ0n) is 12.5. The van der Waals surface area contributed by atoms with Crippen LogP contribution in [-0.2, 0) is 0 Å². The second kappa shape index (κ2) is 6.57. The lowest BCUT2D eigenvalue weighted by molar-refractivity contribution is 0.0754. The number of nitrogens with zero attached hydrogens (tertiary/aromatic N) is 2. The zero-order chi connectivity index (χ0) is 14.5. The van der Waals surface area contributed by atoms with Crippen LogP contribution in [0.15, 0.2) is 30.3 Å². The van der Waals surface area contributed by atoms with E-state index < -0.39 is 0 Å². The number of aromatic nitrogens is 1. The van der Waals surface area contributed by atoms with Crippen molar-refractivity contribution in [2.45, 2.75) is 13.3 Å². The van der Waals surface area contributed by atoms with E-state index in [0.29, 0.717) is 5.69 Å². The van der Waals surface area contributed by atoms with E-state index in [1.165, 1.54) is 0 Å². The first kappa shape index (κ1) is 14.6. The predicted molar refractivity (Wildman–Crippen MR) is 83.0 cm³/mol. The summed E-state index contributed by atoms with van der Waals surface area (Å²) in [5.74, 6) is 0.0856. The van der Waals surface area contributed by atoms with Gasteiger partial charge in [-0.25, -0.2) is 0 Å². The highest BCUT2D eigenvalue weighted by Crippen LogP contribution is 2.16. The average Bonchev–Trinajstić information content (AvgIpc) is 2.86. The third-order valence-electron chi connectivity index (χ3n) is 3.46. The molecule has 108 valence electrons. The van der Waals surface area contributed by atoms with E-state index in [2.05, 4.69) is 24.0 Å². The molecule has 1 heterocycles. The van der Waals surface area contributed by atoms with Crippen LogP contribution in [0.1, 0.15) is 23.8 Å². The van der Waals surface area contributed by atoms with Gasteiger partial charge in [-0.1, -0.05) is 18.2 Å². The number of hydrogen-bond donors (Lipinski definition) is 1. The normalized spacial score (nSPS) is 11.2. The summed E-state index contributed by atoms with van der Waals surface area (Å²) < 4.78 is 0. The highest BCUT2D eigenvalue weighted by atomic mass is 16.2. The van der Waals surface area contributed by atoms with Crippen molar-refractivity contribution in [3.05, 3.63) is 36.0 Å². The van der Waals surface area contributed by atoms with Crippen molar-refractivity contribution in [3.8, 4) is 0 Å². The standard InChI is InChI=1S/C16H23N3O/c1-4-19(11-7-10-18(2)3)16(20)15-12-13-8-5-6-9-14(13)17-15/h5-6,8-9,12,17H,4,7,10-11H2,1-3H3. The van der Waals surface area contributed by atoms with Gasteiger partial charge in [-0.2, -0.15) is 0 Å². The van der Waals surface area contributed by atoms with Crippen LogP contribution in [0.5, 0.6) is 0 Å².